The molecule has 0 spiro atoms. The van der Waals surface area contributed by atoms with E-state index in [1.165, 1.54) is 17.3 Å². The van der Waals surface area contributed by atoms with Gasteiger partial charge in [0.2, 0.25) is 0 Å². The summed E-state index contributed by atoms with van der Waals surface area (Å²) < 4.78 is 2.28. The van der Waals surface area contributed by atoms with Gasteiger partial charge in [-0.2, -0.15) is 0 Å². The van der Waals surface area contributed by atoms with Crippen molar-refractivity contribution in [1.82, 2.24) is 0 Å². The van der Waals surface area contributed by atoms with Crippen molar-refractivity contribution < 1.29 is 5.21 Å². The number of rotatable bonds is 2. The molecule has 0 saturated heterocycles. The van der Waals surface area contributed by atoms with Gasteiger partial charge in [0.1, 0.15) is 0 Å². The molecule has 0 heterocycles. The first-order chi connectivity index (χ1) is 6.64. The Morgan fingerprint density at radius 3 is 2.71 bits per heavy atom. The lowest BCUT2D eigenvalue weighted by atomic mass is 9.70. The molecule has 2 bridgehead atoms. The largest absolute Gasteiger partial charge is 0.411 e. The van der Waals surface area contributed by atoms with Crippen LogP contribution in [-0.2, 0) is 0 Å². The summed E-state index contributed by atoms with van der Waals surface area (Å²) in [6.07, 6.45) is 3.57. The third-order valence-corrected chi connectivity index (χ3v) is 7.42. The van der Waals surface area contributed by atoms with Crippen LogP contribution in [0.4, 0.5) is 0 Å². The minimum atomic E-state index is 0.203. The molecule has 0 amide bonds. The van der Waals surface area contributed by atoms with Crippen LogP contribution in [0.1, 0.15) is 26.2 Å². The number of fused-ring (bicyclic) bond motifs is 2. The Kier molecular flexibility index (Phi) is 3.06. The molecule has 1 N–H and O–H groups in total. The Bertz CT molecular complexity index is 281. The lowest BCUT2D eigenvalue weighted by molar-refractivity contribution is 0.209. The van der Waals surface area contributed by atoms with Crippen LogP contribution in [0.15, 0.2) is 5.16 Å². The molecule has 2 aliphatic rings. The molecule has 2 fully saturated rings. The van der Waals surface area contributed by atoms with Crippen molar-refractivity contribution in [3.63, 3.8) is 0 Å². The summed E-state index contributed by atoms with van der Waals surface area (Å²) in [5, 5.41) is 12.7. The van der Waals surface area contributed by atoms with Crippen LogP contribution in [-0.4, -0.2) is 19.8 Å². The van der Waals surface area contributed by atoms with Gasteiger partial charge in [0.25, 0.3) is 0 Å². The third kappa shape index (κ3) is 1.15. The zero-order valence-corrected chi connectivity index (χ0v) is 12.6. The van der Waals surface area contributed by atoms with Gasteiger partial charge in [0.05, 0.1) is 5.71 Å². The summed E-state index contributed by atoms with van der Waals surface area (Å²) in [6, 6.07) is 0. The van der Waals surface area contributed by atoms with Crippen molar-refractivity contribution in [2.45, 2.75) is 26.2 Å². The van der Waals surface area contributed by atoms with E-state index in [0.717, 1.165) is 22.5 Å². The van der Waals surface area contributed by atoms with E-state index in [-0.39, 0.29) is 5.41 Å². The molecule has 3 atom stereocenters. The Labute approximate surface area is 112 Å². The number of hydrogen-bond donors (Lipinski definition) is 1. The van der Waals surface area contributed by atoms with Crippen LogP contribution >= 0.6 is 45.2 Å². The van der Waals surface area contributed by atoms with E-state index < -0.39 is 0 Å². The molecular weight excluding hydrogens is 404 g/mol. The van der Waals surface area contributed by atoms with E-state index in [4.69, 9.17) is 5.21 Å². The maximum Gasteiger partial charge on any atom is 0.0648 e. The zero-order valence-electron chi connectivity index (χ0n) is 8.26. The fraction of sp³-hybridized carbons (Fsp3) is 0.900. The van der Waals surface area contributed by atoms with Gasteiger partial charge in [-0.25, -0.2) is 0 Å². The lowest BCUT2D eigenvalue weighted by Crippen LogP contribution is -2.40. The zero-order chi connectivity index (χ0) is 10.4. The van der Waals surface area contributed by atoms with E-state index in [1.54, 1.807) is 0 Å². The first-order valence-corrected chi connectivity index (χ1v) is 8.03. The maximum absolute atomic E-state index is 9.09. The lowest BCUT2D eigenvalue weighted by Gasteiger charge is -2.38. The summed E-state index contributed by atoms with van der Waals surface area (Å²) in [7, 11) is 0. The molecular formula is C10H15I2NO. The molecule has 0 radical (unpaired) electrons. The van der Waals surface area contributed by atoms with Crippen LogP contribution in [0.3, 0.4) is 0 Å². The molecule has 3 unspecified atom stereocenters. The second-order valence-corrected chi connectivity index (χ2v) is 6.28. The minimum Gasteiger partial charge on any atom is -0.411 e. The SMILES string of the molecule is CC1(CI)C2CCC1(CI)/C(=N/O)C2. The molecule has 2 saturated carbocycles. The molecule has 0 aromatic carbocycles. The fourth-order valence-electron chi connectivity index (χ4n) is 3.32. The Morgan fingerprint density at radius 1 is 1.50 bits per heavy atom. The Balaban J connectivity index is 2.47. The van der Waals surface area contributed by atoms with E-state index >= 15 is 0 Å². The van der Waals surface area contributed by atoms with E-state index in [2.05, 4.69) is 57.3 Å². The highest BCUT2D eigenvalue weighted by Crippen LogP contribution is 2.65. The van der Waals surface area contributed by atoms with Crippen LogP contribution in [0.2, 0.25) is 0 Å². The van der Waals surface area contributed by atoms with Gasteiger partial charge < -0.3 is 5.21 Å². The van der Waals surface area contributed by atoms with Crippen LogP contribution < -0.4 is 0 Å². The highest BCUT2D eigenvalue weighted by Gasteiger charge is 2.64. The smallest absolute Gasteiger partial charge is 0.0648 e. The minimum absolute atomic E-state index is 0.203. The maximum atomic E-state index is 9.09. The molecule has 0 aromatic heterocycles. The van der Waals surface area contributed by atoms with Gasteiger partial charge in [-0.3, -0.25) is 0 Å². The molecule has 14 heavy (non-hydrogen) atoms. The van der Waals surface area contributed by atoms with Gasteiger partial charge in [-0.15, -0.1) is 0 Å². The molecule has 2 aliphatic carbocycles. The second kappa shape index (κ2) is 3.75. The second-order valence-electron chi connectivity index (χ2n) is 4.75. The van der Waals surface area contributed by atoms with Crippen LogP contribution in [0, 0.1) is 16.7 Å². The highest BCUT2D eigenvalue weighted by molar-refractivity contribution is 14.1. The predicted molar refractivity (Wildman–Crippen MR) is 74.9 cm³/mol. The summed E-state index contributed by atoms with van der Waals surface area (Å²) in [5.41, 5.74) is 1.65. The van der Waals surface area contributed by atoms with Crippen molar-refractivity contribution in [3.05, 3.63) is 0 Å². The van der Waals surface area contributed by atoms with Crippen LogP contribution in [0.25, 0.3) is 0 Å². The van der Waals surface area contributed by atoms with E-state index in [9.17, 15) is 0 Å². The average Bonchev–Trinajstić information content (AvgIpc) is 2.65. The molecule has 2 nitrogen and oxygen atoms in total. The summed E-state index contributed by atoms with van der Waals surface area (Å²) in [5.74, 6) is 0.750. The number of halogens is 2. The highest BCUT2D eigenvalue weighted by atomic mass is 127. The number of hydrogen-bond acceptors (Lipinski definition) is 2. The first-order valence-electron chi connectivity index (χ1n) is 4.98. The molecule has 0 aliphatic heterocycles. The monoisotopic (exact) mass is 419 g/mol. The topological polar surface area (TPSA) is 32.6 Å². The Hall–Kier alpha value is 0.930. The number of oxime groups is 1. The van der Waals surface area contributed by atoms with Crippen molar-refractivity contribution in [3.8, 4) is 0 Å². The van der Waals surface area contributed by atoms with Gasteiger partial charge in [0, 0.05) is 14.3 Å². The standard InChI is InChI=1S/C10H15I2NO/c1-9(5-11)7-2-3-10(9,6-12)8(4-7)13-14/h7,14H,2-6H2,1H3/b13-8+. The van der Waals surface area contributed by atoms with Crippen molar-refractivity contribution in [1.29, 1.82) is 0 Å². The Morgan fingerprint density at radius 2 is 2.21 bits per heavy atom. The molecule has 4 heteroatoms. The summed E-state index contributed by atoms with van der Waals surface area (Å²) >= 11 is 4.96. The normalized spacial score (nSPS) is 49.1. The van der Waals surface area contributed by atoms with Gasteiger partial charge >= 0.3 is 0 Å². The van der Waals surface area contributed by atoms with Crippen molar-refractivity contribution in [2.75, 3.05) is 8.86 Å². The van der Waals surface area contributed by atoms with Crippen molar-refractivity contribution >= 4 is 50.9 Å². The first kappa shape index (κ1) is 11.4. The summed E-state index contributed by atoms with van der Waals surface area (Å²) in [6.45, 7) is 2.38. The quantitative estimate of drug-likeness (QED) is 0.316. The van der Waals surface area contributed by atoms with E-state index in [1.807, 2.05) is 0 Å². The predicted octanol–water partition coefficient (Wildman–Crippen LogP) is 3.49. The average molecular weight is 419 g/mol. The fourth-order valence-corrected chi connectivity index (χ4v) is 6.36. The molecule has 80 valence electrons. The van der Waals surface area contributed by atoms with Crippen LogP contribution in [0.5, 0.6) is 0 Å². The number of alkyl halides is 2. The van der Waals surface area contributed by atoms with Gasteiger partial charge in [0.15, 0.2) is 0 Å². The van der Waals surface area contributed by atoms with Gasteiger partial charge in [-0.05, 0) is 30.6 Å². The van der Waals surface area contributed by atoms with Crippen molar-refractivity contribution in [2.24, 2.45) is 21.9 Å². The number of nitrogens with zero attached hydrogens (tertiary/aromatic N) is 1. The van der Waals surface area contributed by atoms with E-state index in [0.29, 0.717) is 5.41 Å². The summed E-state index contributed by atoms with van der Waals surface area (Å²) in [4.78, 5) is 0. The van der Waals surface area contributed by atoms with Gasteiger partial charge in [-0.1, -0.05) is 57.3 Å². The third-order valence-electron chi connectivity index (χ3n) is 4.53. The molecule has 0 aromatic rings. The molecule has 2 rings (SSSR count).